The molecule has 2 aromatic carbocycles. The number of sulfone groups is 1. The van der Waals surface area contributed by atoms with Crippen LogP contribution in [0.3, 0.4) is 0 Å². The van der Waals surface area contributed by atoms with E-state index in [-0.39, 0.29) is 5.75 Å². The third-order valence-electron chi connectivity index (χ3n) is 6.22. The topological polar surface area (TPSA) is 111 Å². The highest BCUT2D eigenvalue weighted by Gasteiger charge is 2.20. The minimum absolute atomic E-state index is 0.162. The molecule has 7 nitrogen and oxygen atoms in total. The number of aromatic nitrogens is 2. The predicted molar refractivity (Wildman–Crippen MR) is 129 cm³/mol. The van der Waals surface area contributed by atoms with Gasteiger partial charge in [0.05, 0.1) is 16.2 Å². The lowest BCUT2D eigenvalue weighted by Gasteiger charge is -2.22. The Bertz CT molecular complexity index is 1360. The Kier molecular flexibility index (Phi) is 5.86. The van der Waals surface area contributed by atoms with Gasteiger partial charge in [0, 0.05) is 11.8 Å². The second-order valence-electron chi connectivity index (χ2n) is 8.47. The monoisotopic (exact) mass is 462 g/mol. The molecule has 0 spiro atoms. The summed E-state index contributed by atoms with van der Waals surface area (Å²) in [6.07, 6.45) is 4.40. The first-order valence-corrected chi connectivity index (χ1v) is 12.8. The zero-order valence-corrected chi connectivity index (χ0v) is 19.0. The number of nitrogens with two attached hydrogens (primary N) is 1. The number of pyridine rings is 1. The summed E-state index contributed by atoms with van der Waals surface area (Å²) in [5.41, 5.74) is 9.59. The summed E-state index contributed by atoms with van der Waals surface area (Å²) >= 11 is 0. The molecule has 8 heteroatoms. The van der Waals surface area contributed by atoms with Crippen molar-refractivity contribution in [1.29, 1.82) is 0 Å². The first kappa shape index (κ1) is 21.6. The first-order chi connectivity index (χ1) is 16.0. The fraction of sp³-hybridized carbons (Fsp3) is 0.280. The maximum absolute atomic E-state index is 13.0. The van der Waals surface area contributed by atoms with Crippen molar-refractivity contribution in [2.75, 3.05) is 24.6 Å². The van der Waals surface area contributed by atoms with Crippen molar-refractivity contribution in [3.05, 3.63) is 60.8 Å². The fourth-order valence-electron chi connectivity index (χ4n) is 4.27. The van der Waals surface area contributed by atoms with Gasteiger partial charge in [-0.2, -0.15) is 0 Å². The van der Waals surface area contributed by atoms with E-state index in [4.69, 9.17) is 10.2 Å². The highest BCUT2D eigenvalue weighted by Crippen LogP contribution is 2.32. The van der Waals surface area contributed by atoms with Gasteiger partial charge in [0.15, 0.2) is 15.4 Å². The van der Waals surface area contributed by atoms with Crippen LogP contribution in [0.2, 0.25) is 0 Å². The SMILES string of the molecule is Nc1ncc(-c2cccc(S(=O)(=O)CCC3CCNCC3)c2)cc1-c1nc2ccccc2o1. The lowest BCUT2D eigenvalue weighted by Crippen LogP contribution is -2.28. The van der Waals surface area contributed by atoms with Crippen molar-refractivity contribution in [2.45, 2.75) is 24.2 Å². The number of nitrogen functional groups attached to an aromatic ring is 1. The number of hydrogen-bond donors (Lipinski definition) is 2. The Morgan fingerprint density at radius 1 is 1.03 bits per heavy atom. The van der Waals surface area contributed by atoms with E-state index >= 15 is 0 Å². The minimum atomic E-state index is -3.37. The number of hydrogen-bond acceptors (Lipinski definition) is 7. The second-order valence-corrected chi connectivity index (χ2v) is 10.6. The van der Waals surface area contributed by atoms with Crippen LogP contribution in [0.4, 0.5) is 5.82 Å². The Hall–Kier alpha value is -3.23. The molecule has 5 rings (SSSR count). The second kappa shape index (κ2) is 8.96. The lowest BCUT2D eigenvalue weighted by molar-refractivity contribution is 0.365. The Labute approximate surface area is 193 Å². The van der Waals surface area contributed by atoms with Crippen LogP contribution in [0.25, 0.3) is 33.7 Å². The van der Waals surface area contributed by atoms with Crippen LogP contribution in [0.1, 0.15) is 19.3 Å². The molecule has 1 fully saturated rings. The van der Waals surface area contributed by atoms with Gasteiger partial charge in [0.1, 0.15) is 11.3 Å². The van der Waals surface area contributed by atoms with Crippen molar-refractivity contribution in [1.82, 2.24) is 15.3 Å². The van der Waals surface area contributed by atoms with Crippen LogP contribution in [-0.2, 0) is 9.84 Å². The average molecular weight is 463 g/mol. The molecule has 3 N–H and O–H groups in total. The highest BCUT2D eigenvalue weighted by molar-refractivity contribution is 7.91. The predicted octanol–water partition coefficient (Wildman–Crippen LogP) is 4.30. The van der Waals surface area contributed by atoms with Crippen molar-refractivity contribution >= 4 is 26.8 Å². The van der Waals surface area contributed by atoms with Crippen LogP contribution in [0.5, 0.6) is 0 Å². The van der Waals surface area contributed by atoms with Crippen LogP contribution in [-0.4, -0.2) is 37.2 Å². The molecular weight excluding hydrogens is 436 g/mol. The molecule has 4 aromatic rings. The van der Waals surface area contributed by atoms with Crippen LogP contribution in [0, 0.1) is 5.92 Å². The molecule has 1 saturated heterocycles. The van der Waals surface area contributed by atoms with Gasteiger partial charge in [-0.25, -0.2) is 18.4 Å². The molecule has 0 bridgehead atoms. The van der Waals surface area contributed by atoms with Gasteiger partial charge in [0.25, 0.3) is 0 Å². The summed E-state index contributed by atoms with van der Waals surface area (Å²) in [5, 5.41) is 3.32. The van der Waals surface area contributed by atoms with Gasteiger partial charge in [-0.3, -0.25) is 0 Å². The number of benzene rings is 2. The molecule has 1 aliphatic heterocycles. The van der Waals surface area contributed by atoms with E-state index < -0.39 is 9.84 Å². The fourth-order valence-corrected chi connectivity index (χ4v) is 5.74. The van der Waals surface area contributed by atoms with Gasteiger partial charge < -0.3 is 15.5 Å². The van der Waals surface area contributed by atoms with Gasteiger partial charge >= 0.3 is 0 Å². The van der Waals surface area contributed by atoms with E-state index in [1.165, 1.54) is 0 Å². The number of nitrogens with zero attached hydrogens (tertiary/aromatic N) is 2. The molecule has 0 radical (unpaired) electrons. The minimum Gasteiger partial charge on any atom is -0.436 e. The molecule has 3 heterocycles. The molecule has 0 saturated carbocycles. The summed E-state index contributed by atoms with van der Waals surface area (Å²) in [5.74, 6) is 1.31. The number of anilines is 1. The largest absolute Gasteiger partial charge is 0.436 e. The van der Waals surface area contributed by atoms with Crippen molar-refractivity contribution < 1.29 is 12.8 Å². The number of oxazole rings is 1. The highest BCUT2D eigenvalue weighted by atomic mass is 32.2. The number of rotatable bonds is 6. The van der Waals surface area contributed by atoms with E-state index in [2.05, 4.69) is 15.3 Å². The molecule has 0 unspecified atom stereocenters. The Morgan fingerprint density at radius 2 is 1.85 bits per heavy atom. The quantitative estimate of drug-likeness (QED) is 0.439. The zero-order valence-electron chi connectivity index (χ0n) is 18.2. The van der Waals surface area contributed by atoms with Crippen molar-refractivity contribution in [2.24, 2.45) is 5.92 Å². The summed E-state index contributed by atoms with van der Waals surface area (Å²) in [4.78, 5) is 9.16. The van der Waals surface area contributed by atoms with E-state index in [1.807, 2.05) is 36.4 Å². The smallest absolute Gasteiger partial charge is 0.231 e. The van der Waals surface area contributed by atoms with Gasteiger partial charge in [0.2, 0.25) is 5.89 Å². The maximum Gasteiger partial charge on any atom is 0.231 e. The zero-order chi connectivity index (χ0) is 22.8. The molecule has 170 valence electrons. The number of para-hydroxylation sites is 2. The van der Waals surface area contributed by atoms with Gasteiger partial charge in [-0.15, -0.1) is 0 Å². The van der Waals surface area contributed by atoms with Crippen LogP contribution in [0.15, 0.2) is 70.1 Å². The summed E-state index contributed by atoms with van der Waals surface area (Å²) in [6, 6.07) is 16.3. The number of nitrogens with one attached hydrogen (secondary N) is 1. The van der Waals surface area contributed by atoms with E-state index in [1.54, 1.807) is 24.4 Å². The average Bonchev–Trinajstić information content (AvgIpc) is 3.28. The van der Waals surface area contributed by atoms with E-state index in [9.17, 15) is 8.42 Å². The molecule has 0 amide bonds. The standard InChI is InChI=1S/C25H26N4O3S/c26-24-21(25-29-22-6-1-2-7-23(22)32-25)15-19(16-28-24)18-4-3-5-20(14-18)33(30,31)13-10-17-8-11-27-12-9-17/h1-7,14-17,27H,8-13H2,(H2,26,28). The molecular formula is C25H26N4O3S. The lowest BCUT2D eigenvalue weighted by atomic mass is 9.96. The van der Waals surface area contributed by atoms with Crippen molar-refractivity contribution in [3.63, 3.8) is 0 Å². The Balaban J connectivity index is 1.43. The van der Waals surface area contributed by atoms with Crippen LogP contribution >= 0.6 is 0 Å². The number of piperidine rings is 1. The molecule has 2 aromatic heterocycles. The van der Waals surface area contributed by atoms with Crippen LogP contribution < -0.4 is 11.1 Å². The molecule has 33 heavy (non-hydrogen) atoms. The van der Waals surface area contributed by atoms with Gasteiger partial charge in [-0.05, 0) is 74.2 Å². The number of fused-ring (bicyclic) bond motifs is 1. The third-order valence-corrected chi connectivity index (χ3v) is 7.97. The first-order valence-electron chi connectivity index (χ1n) is 11.1. The normalized spacial score (nSPS) is 15.2. The maximum atomic E-state index is 13.0. The molecule has 0 aliphatic carbocycles. The molecule has 0 atom stereocenters. The third kappa shape index (κ3) is 4.62. The summed E-state index contributed by atoms with van der Waals surface area (Å²) in [6.45, 7) is 1.93. The molecule has 1 aliphatic rings. The van der Waals surface area contributed by atoms with E-state index in [0.29, 0.717) is 40.1 Å². The summed E-state index contributed by atoms with van der Waals surface area (Å²) in [7, 11) is -3.37. The Morgan fingerprint density at radius 3 is 2.67 bits per heavy atom. The summed E-state index contributed by atoms with van der Waals surface area (Å²) < 4.78 is 31.9. The van der Waals surface area contributed by atoms with E-state index in [0.717, 1.165) is 42.6 Å². The van der Waals surface area contributed by atoms with Gasteiger partial charge in [-0.1, -0.05) is 24.3 Å². The van der Waals surface area contributed by atoms with Crippen molar-refractivity contribution in [3.8, 4) is 22.6 Å².